The number of halogens is 1. The van der Waals surface area contributed by atoms with Gasteiger partial charge in [-0.1, -0.05) is 29.3 Å². The molecule has 55 heavy (non-hydrogen) atoms. The minimum absolute atomic E-state index is 0.167. The van der Waals surface area contributed by atoms with Crippen LogP contribution in [0, 0.1) is 36.0 Å². The van der Waals surface area contributed by atoms with Crippen LogP contribution in [0.4, 0.5) is 5.82 Å². The first-order valence-corrected chi connectivity index (χ1v) is 20.1. The lowest BCUT2D eigenvalue weighted by Gasteiger charge is -2.49. The first-order chi connectivity index (χ1) is 26.4. The van der Waals surface area contributed by atoms with Crippen LogP contribution in [0.1, 0.15) is 41.7 Å². The van der Waals surface area contributed by atoms with Gasteiger partial charge in [-0.3, -0.25) is 28.8 Å². The Balaban J connectivity index is 1.17. The van der Waals surface area contributed by atoms with Gasteiger partial charge in [-0.25, -0.2) is 4.90 Å². The molecule has 3 fully saturated rings. The molecule has 4 amide bonds. The Bertz CT molecular complexity index is 2510. The van der Waals surface area contributed by atoms with Crippen LogP contribution in [0.2, 0.25) is 5.02 Å². The fourth-order valence-corrected chi connectivity index (χ4v) is 11.7. The van der Waals surface area contributed by atoms with Crippen LogP contribution in [0.3, 0.4) is 0 Å². The maximum Gasteiger partial charge on any atom is 0.242 e. The molecular formula is C41H37ClN4O7S2. The minimum atomic E-state index is -1.41. The molecule has 9 rings (SSSR count). The number of ether oxygens (including phenoxy) is 2. The third-order valence-electron chi connectivity index (χ3n) is 12.3. The van der Waals surface area contributed by atoms with E-state index < -0.39 is 46.8 Å². The van der Waals surface area contributed by atoms with Crippen molar-refractivity contribution in [3.63, 3.8) is 0 Å². The number of phenols is 1. The summed E-state index contributed by atoms with van der Waals surface area (Å²) < 4.78 is 13.9. The number of rotatable bonds is 7. The number of amides is 4. The number of fused-ring (bicyclic) bond motifs is 5. The maximum atomic E-state index is 15.2. The average molecular weight is 797 g/mol. The molecule has 282 valence electrons. The highest BCUT2D eigenvalue weighted by atomic mass is 35.5. The lowest BCUT2D eigenvalue weighted by atomic mass is 9.51. The number of methoxy groups -OCH3 is 2. The second-order valence-corrected chi connectivity index (χ2v) is 17.5. The van der Waals surface area contributed by atoms with Crippen molar-refractivity contribution in [2.24, 2.45) is 36.1 Å². The van der Waals surface area contributed by atoms with Crippen molar-refractivity contribution in [1.29, 1.82) is 0 Å². The molecule has 0 radical (unpaired) electrons. The molecule has 5 heterocycles. The number of aryl methyl sites for hydroxylation is 2. The highest BCUT2D eigenvalue weighted by Gasteiger charge is 2.68. The number of phenolic OH excluding ortho intramolecular Hbond substituents is 1. The van der Waals surface area contributed by atoms with Gasteiger partial charge < -0.3 is 14.6 Å². The molecule has 6 atom stereocenters. The molecule has 6 unspecified atom stereocenters. The summed E-state index contributed by atoms with van der Waals surface area (Å²) in [5, 5.41) is 20.1. The van der Waals surface area contributed by atoms with Crippen molar-refractivity contribution >= 4 is 73.8 Å². The van der Waals surface area contributed by atoms with Crippen LogP contribution < -0.4 is 14.4 Å². The second kappa shape index (κ2) is 12.8. The topological polar surface area (TPSA) is 131 Å². The van der Waals surface area contributed by atoms with Crippen LogP contribution in [-0.2, 0) is 32.8 Å². The van der Waals surface area contributed by atoms with Crippen molar-refractivity contribution in [2.45, 2.75) is 39.2 Å². The van der Waals surface area contributed by atoms with Crippen molar-refractivity contribution < 1.29 is 33.8 Å². The Morgan fingerprint density at radius 1 is 1.02 bits per heavy atom. The molecule has 0 bridgehead atoms. The van der Waals surface area contributed by atoms with E-state index in [1.807, 2.05) is 48.7 Å². The Hall–Kier alpha value is -4.98. The maximum absolute atomic E-state index is 15.2. The Morgan fingerprint density at radius 3 is 2.55 bits per heavy atom. The number of aromatic hydroxyl groups is 1. The van der Waals surface area contributed by atoms with Gasteiger partial charge in [0, 0.05) is 51.3 Å². The van der Waals surface area contributed by atoms with Crippen molar-refractivity contribution in [1.82, 2.24) is 14.7 Å². The number of thiophene rings is 2. The van der Waals surface area contributed by atoms with Gasteiger partial charge >= 0.3 is 0 Å². The quantitative estimate of drug-likeness (QED) is 0.133. The second-order valence-electron chi connectivity index (χ2n) is 15.0. The van der Waals surface area contributed by atoms with E-state index in [1.165, 1.54) is 41.4 Å². The number of likely N-dealkylation sites (tertiary alicyclic amines) is 1. The summed E-state index contributed by atoms with van der Waals surface area (Å²) in [6.45, 7) is 3.96. The SMILES string of the molecule is COc1cc(O)c(C2C3=CCC4C(=O)N(Cc5cccs5)C(=O)C4C3CC3C(=O)N(c4cc(-c5sc6ccc(Cl)cc6c5C)nn4C)C(=O)C32C)c(OC)c1. The van der Waals surface area contributed by atoms with Crippen molar-refractivity contribution in [3.05, 3.63) is 86.6 Å². The number of carbonyl (C=O) groups excluding carboxylic acids is 4. The van der Waals surface area contributed by atoms with Crippen molar-refractivity contribution in [3.8, 4) is 27.8 Å². The molecule has 1 N–H and O–H groups in total. The number of benzene rings is 2. The van der Waals surface area contributed by atoms with E-state index in [0.717, 1.165) is 31.0 Å². The highest BCUT2D eigenvalue weighted by Crippen LogP contribution is 2.65. The molecule has 2 aromatic carbocycles. The summed E-state index contributed by atoms with van der Waals surface area (Å²) >= 11 is 9.36. The molecule has 4 aliphatic rings. The van der Waals surface area contributed by atoms with Gasteiger partial charge in [0.25, 0.3) is 0 Å². The number of anilines is 1. The minimum Gasteiger partial charge on any atom is -0.507 e. The van der Waals surface area contributed by atoms with Crippen LogP contribution in [0.25, 0.3) is 20.7 Å². The van der Waals surface area contributed by atoms with Crippen LogP contribution in [0.15, 0.2) is 65.6 Å². The van der Waals surface area contributed by atoms with E-state index >= 15 is 4.79 Å². The summed E-state index contributed by atoms with van der Waals surface area (Å²) in [5.41, 5.74) is 1.25. The number of hydrogen-bond acceptors (Lipinski definition) is 10. The van der Waals surface area contributed by atoms with E-state index in [-0.39, 0.29) is 42.7 Å². The van der Waals surface area contributed by atoms with Gasteiger partial charge in [0.1, 0.15) is 28.8 Å². The lowest BCUT2D eigenvalue weighted by Crippen LogP contribution is -2.49. The summed E-state index contributed by atoms with van der Waals surface area (Å²) in [6, 6.07) is 14.4. The molecule has 1 saturated carbocycles. The van der Waals surface area contributed by atoms with Gasteiger partial charge in [0.2, 0.25) is 23.6 Å². The molecule has 5 aromatic rings. The van der Waals surface area contributed by atoms with Gasteiger partial charge in [-0.2, -0.15) is 5.10 Å². The normalized spacial score (nSPS) is 26.1. The zero-order valence-electron chi connectivity index (χ0n) is 30.7. The smallest absolute Gasteiger partial charge is 0.242 e. The van der Waals surface area contributed by atoms with Gasteiger partial charge in [0.05, 0.1) is 48.8 Å². The predicted molar refractivity (Wildman–Crippen MR) is 209 cm³/mol. The fraction of sp³-hybridized carbons (Fsp3) is 0.341. The molecule has 2 aliphatic carbocycles. The Morgan fingerprint density at radius 2 is 1.82 bits per heavy atom. The largest absolute Gasteiger partial charge is 0.507 e. The molecular weight excluding hydrogens is 760 g/mol. The van der Waals surface area contributed by atoms with Gasteiger partial charge in [-0.05, 0) is 73.2 Å². The third-order valence-corrected chi connectivity index (χ3v) is 14.7. The number of hydrogen-bond donors (Lipinski definition) is 1. The van der Waals surface area contributed by atoms with Crippen molar-refractivity contribution in [2.75, 3.05) is 19.1 Å². The summed E-state index contributed by atoms with van der Waals surface area (Å²) in [4.78, 5) is 62.8. The molecule has 11 nitrogen and oxygen atoms in total. The van der Waals surface area contributed by atoms with Crippen LogP contribution in [-0.4, -0.2) is 57.6 Å². The number of allylic oxidation sites excluding steroid dienone is 2. The molecule has 2 aliphatic heterocycles. The zero-order valence-corrected chi connectivity index (χ0v) is 33.1. The fourth-order valence-electron chi connectivity index (χ4n) is 9.70. The first-order valence-electron chi connectivity index (χ1n) is 18.0. The average Bonchev–Trinajstić information content (AvgIpc) is 3.98. The molecule has 2 saturated heterocycles. The monoisotopic (exact) mass is 796 g/mol. The van der Waals surface area contributed by atoms with E-state index in [2.05, 4.69) is 0 Å². The summed E-state index contributed by atoms with van der Waals surface area (Å²) in [6.07, 6.45) is 2.42. The molecule has 3 aromatic heterocycles. The Kier molecular flexibility index (Phi) is 8.30. The van der Waals surface area contributed by atoms with E-state index in [1.54, 1.807) is 42.1 Å². The van der Waals surface area contributed by atoms with Crippen LogP contribution >= 0.6 is 34.3 Å². The zero-order chi connectivity index (χ0) is 38.7. The number of imide groups is 2. The number of nitrogens with zero attached hydrogens (tertiary/aromatic N) is 4. The standard InChI is InChI=1S/C41H37ClN4O7S2/c1-19-25-13-20(42)8-11-31(25)55-36(19)28-17-32(44(3)43-28)46-38(49)27-16-26-23(9-10-24-33(26)39(50)45(37(24)48)18-22-7-6-12-54-22)35(41(27,2)40(46)51)34-29(47)14-21(52-4)15-30(34)53-5/h6-9,11-15,17,24,26-27,33,35,47H,10,16,18H2,1-5H3. The number of aromatic nitrogens is 2. The molecule has 0 spiro atoms. The van der Waals surface area contributed by atoms with Crippen LogP contribution in [0.5, 0.6) is 17.2 Å². The van der Waals surface area contributed by atoms with Gasteiger partial charge in [-0.15, -0.1) is 22.7 Å². The predicted octanol–water partition coefficient (Wildman–Crippen LogP) is 7.48. The lowest BCUT2D eigenvalue weighted by molar-refractivity contribution is -0.141. The molecule has 14 heteroatoms. The highest BCUT2D eigenvalue weighted by molar-refractivity contribution is 7.22. The number of carbonyl (C=O) groups is 4. The third kappa shape index (κ3) is 5.08. The summed E-state index contributed by atoms with van der Waals surface area (Å²) in [7, 11) is 4.65. The Labute approximate surface area is 329 Å². The van der Waals surface area contributed by atoms with E-state index in [4.69, 9.17) is 26.2 Å². The van der Waals surface area contributed by atoms with Gasteiger partial charge in [0.15, 0.2) is 0 Å². The summed E-state index contributed by atoms with van der Waals surface area (Å²) in [5.74, 6) is -4.27. The van der Waals surface area contributed by atoms with E-state index in [9.17, 15) is 19.5 Å². The first kappa shape index (κ1) is 35.7. The van der Waals surface area contributed by atoms with E-state index in [0.29, 0.717) is 27.8 Å².